The number of rotatable bonds is 16. The van der Waals surface area contributed by atoms with Crippen molar-refractivity contribution in [1.82, 2.24) is 24.2 Å². The highest BCUT2D eigenvalue weighted by molar-refractivity contribution is 7.90. The van der Waals surface area contributed by atoms with Crippen LogP contribution in [0.2, 0.25) is 25.7 Å². The topological polar surface area (TPSA) is 120 Å². The summed E-state index contributed by atoms with van der Waals surface area (Å²) in [5.74, 6) is 0.381. The third-order valence-electron chi connectivity index (χ3n) is 8.13. The van der Waals surface area contributed by atoms with Gasteiger partial charge in [-0.05, 0) is 57.9 Å². The molecule has 1 unspecified atom stereocenters. The minimum Gasteiger partial charge on any atom is -0.598 e. The zero-order chi connectivity index (χ0) is 32.8. The van der Waals surface area contributed by atoms with Crippen LogP contribution in [0.1, 0.15) is 70.6 Å². The zero-order valence-corrected chi connectivity index (χ0v) is 29.9. The Morgan fingerprint density at radius 1 is 1.07 bits per heavy atom. The van der Waals surface area contributed by atoms with Gasteiger partial charge in [0.15, 0.2) is 0 Å². The highest BCUT2D eigenvalue weighted by Crippen LogP contribution is 2.36. The van der Waals surface area contributed by atoms with Gasteiger partial charge >= 0.3 is 0 Å². The van der Waals surface area contributed by atoms with E-state index in [9.17, 15) is 4.55 Å². The molecule has 2 atom stereocenters. The smallest absolute Gasteiger partial charge is 0.255 e. The molecule has 1 saturated heterocycles. The Balaban J connectivity index is 1.36. The molecule has 0 bridgehead atoms. The van der Waals surface area contributed by atoms with Crippen LogP contribution in [0.5, 0.6) is 0 Å². The number of benzene rings is 1. The lowest BCUT2D eigenvalue weighted by atomic mass is 10.0. The quantitative estimate of drug-likeness (QED) is 0.0743. The summed E-state index contributed by atoms with van der Waals surface area (Å²) in [5, 5.41) is 1.07. The van der Waals surface area contributed by atoms with Gasteiger partial charge in [-0.25, -0.2) is 9.97 Å². The van der Waals surface area contributed by atoms with Crippen LogP contribution >= 0.6 is 0 Å². The number of imidazole rings is 1. The number of ether oxygens (including phenoxy) is 3. The van der Waals surface area contributed by atoms with E-state index in [2.05, 4.69) is 57.1 Å². The summed E-state index contributed by atoms with van der Waals surface area (Å²) in [4.78, 5) is 13.8. The van der Waals surface area contributed by atoms with Crippen molar-refractivity contribution >= 4 is 30.3 Å². The molecule has 0 saturated carbocycles. The molecule has 1 aromatic carbocycles. The number of oxazole rings is 1. The van der Waals surface area contributed by atoms with E-state index in [1.165, 1.54) is 0 Å². The largest absolute Gasteiger partial charge is 0.598 e. The second kappa shape index (κ2) is 15.1. The van der Waals surface area contributed by atoms with Gasteiger partial charge in [0.05, 0.1) is 36.8 Å². The molecule has 1 N–H and O–H groups in total. The lowest BCUT2D eigenvalue weighted by Crippen LogP contribution is -2.42. The Morgan fingerprint density at radius 3 is 2.59 bits per heavy atom. The number of hydrogen-bond donors (Lipinski definition) is 1. The third kappa shape index (κ3) is 8.85. The van der Waals surface area contributed by atoms with Crippen molar-refractivity contribution in [2.45, 2.75) is 102 Å². The van der Waals surface area contributed by atoms with Gasteiger partial charge in [-0.3, -0.25) is 4.98 Å². The van der Waals surface area contributed by atoms with E-state index in [0.717, 1.165) is 59.7 Å². The van der Waals surface area contributed by atoms with Crippen LogP contribution in [0, 0.1) is 0 Å². The maximum Gasteiger partial charge on any atom is 0.255 e. The van der Waals surface area contributed by atoms with Gasteiger partial charge in [0, 0.05) is 49.6 Å². The van der Waals surface area contributed by atoms with Crippen molar-refractivity contribution in [3.8, 4) is 11.3 Å². The Labute approximate surface area is 277 Å². The van der Waals surface area contributed by atoms with Crippen LogP contribution in [0.25, 0.3) is 22.2 Å². The molecule has 5 rings (SSSR count). The van der Waals surface area contributed by atoms with Crippen molar-refractivity contribution < 1.29 is 23.2 Å². The molecular weight excluding hydrogens is 619 g/mol. The standard InChI is InChI=1S/C34H49N5O5SSi/c1-33(2,3)45(40)38-29(12-8-7-9-15-34(43-19-20-44-34)32-36-17-18-42-32)31-37-24-30(39(31)25-41-21-22-46(4,5)6)27-13-14-28-26(23-27)11-10-16-35-28/h10-11,13-14,16-18,23-24,29,38H,7-9,12,15,19-22,25H2,1-6H3/t29-,45?/m0/s1. The molecule has 4 aromatic rings. The molecule has 3 aromatic heterocycles. The normalized spacial score (nSPS) is 16.7. The molecule has 46 heavy (non-hydrogen) atoms. The molecule has 250 valence electrons. The number of hydrogen-bond acceptors (Lipinski definition) is 9. The van der Waals surface area contributed by atoms with E-state index in [-0.39, 0.29) is 6.04 Å². The second-order valence-corrected chi connectivity index (χ2v) is 21.7. The molecule has 1 aliphatic heterocycles. The Hall–Kier alpha value is -2.58. The SMILES string of the molecule is CC(C)(C)[S+]([O-])N[C@@H](CCCCCC1(c2ncco2)OCCO1)c1ncc(-c2ccc3ncccc3c2)n1COCC[Si](C)(C)C. The van der Waals surface area contributed by atoms with Crippen molar-refractivity contribution in [1.29, 1.82) is 0 Å². The molecule has 1 fully saturated rings. The van der Waals surface area contributed by atoms with Crippen molar-refractivity contribution in [3.63, 3.8) is 0 Å². The molecule has 12 heteroatoms. The van der Waals surface area contributed by atoms with Crippen LogP contribution in [-0.4, -0.2) is 56.7 Å². The van der Waals surface area contributed by atoms with E-state index in [1.54, 1.807) is 12.5 Å². The molecule has 0 aliphatic carbocycles. The van der Waals surface area contributed by atoms with Crippen LogP contribution in [0.15, 0.2) is 59.6 Å². The van der Waals surface area contributed by atoms with Gasteiger partial charge in [0.2, 0.25) is 5.79 Å². The van der Waals surface area contributed by atoms with Crippen LogP contribution in [0.4, 0.5) is 0 Å². The van der Waals surface area contributed by atoms with Gasteiger partial charge in [-0.1, -0.05) is 44.6 Å². The van der Waals surface area contributed by atoms with Gasteiger partial charge in [-0.15, -0.1) is 4.72 Å². The summed E-state index contributed by atoms with van der Waals surface area (Å²) in [6, 6.07) is 11.1. The highest BCUT2D eigenvalue weighted by Gasteiger charge is 2.42. The van der Waals surface area contributed by atoms with E-state index in [1.807, 2.05) is 45.3 Å². The summed E-state index contributed by atoms with van der Waals surface area (Å²) in [5.41, 5.74) is 2.95. The summed E-state index contributed by atoms with van der Waals surface area (Å²) < 4.78 is 42.4. The van der Waals surface area contributed by atoms with Crippen LogP contribution in [-0.2, 0) is 38.1 Å². The van der Waals surface area contributed by atoms with Gasteiger partial charge in [-0.2, -0.15) is 0 Å². The Bertz CT molecular complexity index is 1530. The summed E-state index contributed by atoms with van der Waals surface area (Å²) in [6.07, 6.45) is 11.0. The number of nitrogens with zero attached hydrogens (tertiary/aromatic N) is 4. The van der Waals surface area contributed by atoms with Crippen molar-refractivity contribution in [2.75, 3.05) is 19.8 Å². The summed E-state index contributed by atoms with van der Waals surface area (Å²) >= 11 is -1.29. The minimum absolute atomic E-state index is 0.240. The fraction of sp³-hybridized carbons (Fsp3) is 0.559. The van der Waals surface area contributed by atoms with Gasteiger partial charge < -0.3 is 27.7 Å². The Kier molecular flexibility index (Phi) is 11.4. The van der Waals surface area contributed by atoms with Crippen molar-refractivity contribution in [2.24, 2.45) is 0 Å². The Morgan fingerprint density at radius 2 is 1.87 bits per heavy atom. The van der Waals surface area contributed by atoms with Crippen molar-refractivity contribution in [3.05, 3.63) is 66.9 Å². The fourth-order valence-corrected chi connectivity index (χ4v) is 7.07. The maximum absolute atomic E-state index is 13.5. The third-order valence-corrected chi connectivity index (χ3v) is 11.4. The number of pyridine rings is 1. The second-order valence-electron chi connectivity index (χ2n) is 14.1. The van der Waals surface area contributed by atoms with E-state index in [0.29, 0.717) is 38.9 Å². The van der Waals surface area contributed by atoms with Gasteiger partial charge in [0.1, 0.15) is 29.6 Å². The maximum atomic E-state index is 13.5. The minimum atomic E-state index is -1.29. The zero-order valence-electron chi connectivity index (χ0n) is 28.1. The fourth-order valence-electron chi connectivity index (χ4n) is 5.47. The first-order chi connectivity index (χ1) is 22.0. The molecule has 10 nitrogen and oxygen atoms in total. The van der Waals surface area contributed by atoms with Crippen LogP contribution in [0.3, 0.4) is 0 Å². The predicted molar refractivity (Wildman–Crippen MR) is 184 cm³/mol. The number of nitrogens with one attached hydrogen (secondary N) is 1. The number of unbranched alkanes of at least 4 members (excludes halogenated alkanes) is 2. The van der Waals surface area contributed by atoms with E-state index >= 15 is 0 Å². The van der Waals surface area contributed by atoms with E-state index < -0.39 is 30.0 Å². The lowest BCUT2D eigenvalue weighted by Gasteiger charge is -2.28. The predicted octanol–water partition coefficient (Wildman–Crippen LogP) is 7.34. The van der Waals surface area contributed by atoms with E-state index in [4.69, 9.17) is 23.6 Å². The number of fused-ring (bicyclic) bond motifs is 1. The first-order valence-electron chi connectivity index (χ1n) is 16.3. The lowest BCUT2D eigenvalue weighted by molar-refractivity contribution is -0.187. The number of aromatic nitrogens is 4. The average molecular weight is 668 g/mol. The molecule has 4 heterocycles. The van der Waals surface area contributed by atoms with Gasteiger partial charge in [0.25, 0.3) is 5.89 Å². The summed E-state index contributed by atoms with van der Waals surface area (Å²) in [6.45, 7) is 15.1. The molecular formula is C34H49N5O5SSi. The average Bonchev–Trinajstić information content (AvgIpc) is 3.79. The molecule has 1 aliphatic rings. The molecule has 0 spiro atoms. The first kappa shape index (κ1) is 34.7. The monoisotopic (exact) mass is 667 g/mol. The molecule has 0 radical (unpaired) electrons. The first-order valence-corrected chi connectivity index (χ1v) is 21.2. The molecule has 0 amide bonds. The summed E-state index contributed by atoms with van der Waals surface area (Å²) in [7, 11) is -1.26. The highest BCUT2D eigenvalue weighted by atomic mass is 32.2. The van der Waals surface area contributed by atoms with Crippen LogP contribution < -0.4 is 4.72 Å².